The lowest BCUT2D eigenvalue weighted by Crippen LogP contribution is -2.27. The summed E-state index contributed by atoms with van der Waals surface area (Å²) in [6, 6.07) is 8.53. The van der Waals surface area contributed by atoms with E-state index in [1.54, 1.807) is 23.0 Å². The number of aromatic nitrogens is 2. The summed E-state index contributed by atoms with van der Waals surface area (Å²) < 4.78 is 6.99. The fourth-order valence-corrected chi connectivity index (χ4v) is 4.21. The van der Waals surface area contributed by atoms with Crippen LogP contribution in [0.5, 0.6) is 0 Å². The van der Waals surface area contributed by atoms with Crippen molar-refractivity contribution in [3.05, 3.63) is 51.4 Å². The SMILES string of the molecule is CCCc1nc2scc(-c3ccc(C(C)(C)C)cc3)c2c(=O)n1CCOC. The normalized spacial score (nSPS) is 12.0. The molecule has 144 valence electrons. The van der Waals surface area contributed by atoms with Gasteiger partial charge in [-0.05, 0) is 23.0 Å². The Hall–Kier alpha value is -1.98. The average molecular weight is 385 g/mol. The lowest BCUT2D eigenvalue weighted by molar-refractivity contribution is 0.185. The van der Waals surface area contributed by atoms with Crippen molar-refractivity contribution in [1.82, 2.24) is 9.55 Å². The van der Waals surface area contributed by atoms with E-state index < -0.39 is 0 Å². The van der Waals surface area contributed by atoms with Crippen LogP contribution in [0.25, 0.3) is 21.3 Å². The summed E-state index contributed by atoms with van der Waals surface area (Å²) in [6.07, 6.45) is 1.75. The molecule has 0 atom stereocenters. The highest BCUT2D eigenvalue weighted by molar-refractivity contribution is 7.17. The molecule has 5 heteroatoms. The fraction of sp³-hybridized carbons (Fsp3) is 0.455. The fourth-order valence-electron chi connectivity index (χ4n) is 3.26. The summed E-state index contributed by atoms with van der Waals surface area (Å²) in [4.78, 5) is 18.9. The molecule has 4 nitrogen and oxygen atoms in total. The maximum atomic E-state index is 13.3. The van der Waals surface area contributed by atoms with E-state index in [1.165, 1.54) is 5.56 Å². The molecule has 3 aromatic rings. The highest BCUT2D eigenvalue weighted by atomic mass is 32.1. The first-order valence-corrected chi connectivity index (χ1v) is 10.4. The van der Waals surface area contributed by atoms with Gasteiger partial charge in [-0.2, -0.15) is 0 Å². The molecule has 0 fully saturated rings. The minimum atomic E-state index is 0.0386. The van der Waals surface area contributed by atoms with Gasteiger partial charge in [0.1, 0.15) is 10.7 Å². The van der Waals surface area contributed by atoms with Crippen LogP contribution >= 0.6 is 11.3 Å². The first kappa shape index (κ1) is 19.8. The number of hydrogen-bond acceptors (Lipinski definition) is 4. The molecule has 2 aromatic heterocycles. The largest absolute Gasteiger partial charge is 0.383 e. The first-order valence-electron chi connectivity index (χ1n) is 9.47. The minimum absolute atomic E-state index is 0.0386. The highest BCUT2D eigenvalue weighted by Gasteiger charge is 2.18. The van der Waals surface area contributed by atoms with Crippen molar-refractivity contribution >= 4 is 21.6 Å². The van der Waals surface area contributed by atoms with Crippen molar-refractivity contribution < 1.29 is 4.74 Å². The van der Waals surface area contributed by atoms with Crippen LogP contribution < -0.4 is 5.56 Å². The predicted molar refractivity (Wildman–Crippen MR) is 114 cm³/mol. The third-order valence-electron chi connectivity index (χ3n) is 4.83. The zero-order valence-corrected chi connectivity index (χ0v) is 17.7. The van der Waals surface area contributed by atoms with Gasteiger partial charge in [-0.3, -0.25) is 9.36 Å². The van der Waals surface area contributed by atoms with Crippen molar-refractivity contribution in [1.29, 1.82) is 0 Å². The summed E-state index contributed by atoms with van der Waals surface area (Å²) in [6.45, 7) is 9.75. The quantitative estimate of drug-likeness (QED) is 0.599. The molecule has 0 saturated heterocycles. The summed E-state index contributed by atoms with van der Waals surface area (Å²) in [5.74, 6) is 0.850. The number of methoxy groups -OCH3 is 1. The zero-order chi connectivity index (χ0) is 19.6. The summed E-state index contributed by atoms with van der Waals surface area (Å²) >= 11 is 1.55. The van der Waals surface area contributed by atoms with Gasteiger partial charge in [-0.15, -0.1) is 11.3 Å². The van der Waals surface area contributed by atoms with Crippen LogP contribution in [0, 0.1) is 0 Å². The number of thiophene rings is 1. The standard InChI is InChI=1S/C22H28N2O2S/c1-6-7-18-23-20-19(21(25)24(18)12-13-26-5)17(14-27-20)15-8-10-16(11-9-15)22(2,3)4/h8-11,14H,6-7,12-13H2,1-5H3. The number of benzene rings is 1. The minimum Gasteiger partial charge on any atom is -0.383 e. The Bertz CT molecular complexity index is 978. The van der Waals surface area contributed by atoms with Crippen molar-refractivity contribution in [3.63, 3.8) is 0 Å². The van der Waals surface area contributed by atoms with E-state index in [0.29, 0.717) is 13.2 Å². The molecular formula is C22H28N2O2S. The van der Waals surface area contributed by atoms with Gasteiger partial charge in [0.05, 0.1) is 18.5 Å². The molecule has 27 heavy (non-hydrogen) atoms. The number of ether oxygens (including phenoxy) is 1. The number of aryl methyl sites for hydroxylation is 1. The average Bonchev–Trinajstić information content (AvgIpc) is 3.05. The Kier molecular flexibility index (Phi) is 5.82. The van der Waals surface area contributed by atoms with Gasteiger partial charge < -0.3 is 4.74 Å². The van der Waals surface area contributed by atoms with Crippen molar-refractivity contribution in [2.75, 3.05) is 13.7 Å². The van der Waals surface area contributed by atoms with Gasteiger partial charge in [0.25, 0.3) is 5.56 Å². The molecule has 0 aliphatic rings. The van der Waals surface area contributed by atoms with Gasteiger partial charge in [-0.1, -0.05) is 52.0 Å². The van der Waals surface area contributed by atoms with E-state index in [1.807, 2.05) is 0 Å². The van der Waals surface area contributed by atoms with Crippen LogP contribution in [0.3, 0.4) is 0 Å². The maximum Gasteiger partial charge on any atom is 0.262 e. The van der Waals surface area contributed by atoms with E-state index in [-0.39, 0.29) is 11.0 Å². The van der Waals surface area contributed by atoms with E-state index in [9.17, 15) is 4.79 Å². The Morgan fingerprint density at radius 1 is 1.19 bits per heavy atom. The van der Waals surface area contributed by atoms with Crippen LogP contribution in [0.1, 0.15) is 45.5 Å². The van der Waals surface area contributed by atoms with Gasteiger partial charge in [0.15, 0.2) is 0 Å². The smallest absolute Gasteiger partial charge is 0.262 e. The second-order valence-electron chi connectivity index (χ2n) is 7.88. The predicted octanol–water partition coefficient (Wildman–Crippen LogP) is 5.02. The lowest BCUT2D eigenvalue weighted by atomic mass is 9.86. The number of hydrogen-bond donors (Lipinski definition) is 0. The van der Waals surface area contributed by atoms with Gasteiger partial charge in [0, 0.05) is 24.5 Å². The van der Waals surface area contributed by atoms with Crippen LogP contribution in [0.4, 0.5) is 0 Å². The molecule has 0 spiro atoms. The molecule has 0 aliphatic heterocycles. The van der Waals surface area contributed by atoms with Crippen molar-refractivity contribution in [3.8, 4) is 11.1 Å². The molecule has 0 bridgehead atoms. The van der Waals surface area contributed by atoms with Gasteiger partial charge in [0.2, 0.25) is 0 Å². The molecular weight excluding hydrogens is 356 g/mol. The number of rotatable bonds is 6. The van der Waals surface area contributed by atoms with Gasteiger partial charge >= 0.3 is 0 Å². The molecule has 3 rings (SSSR count). The van der Waals surface area contributed by atoms with E-state index >= 15 is 0 Å². The molecule has 2 heterocycles. The summed E-state index contributed by atoms with van der Waals surface area (Å²) in [5, 5.41) is 2.78. The van der Waals surface area contributed by atoms with Crippen molar-refractivity contribution in [2.45, 2.75) is 52.5 Å². The highest BCUT2D eigenvalue weighted by Crippen LogP contribution is 2.32. The molecule has 0 amide bonds. The summed E-state index contributed by atoms with van der Waals surface area (Å²) in [5.41, 5.74) is 3.47. The molecule has 1 aromatic carbocycles. The monoisotopic (exact) mass is 384 g/mol. The second-order valence-corrected chi connectivity index (χ2v) is 8.74. The van der Waals surface area contributed by atoms with E-state index in [2.05, 4.69) is 57.3 Å². The van der Waals surface area contributed by atoms with Gasteiger partial charge in [-0.25, -0.2) is 4.98 Å². The Morgan fingerprint density at radius 3 is 2.48 bits per heavy atom. The molecule has 0 radical (unpaired) electrons. The Balaban J connectivity index is 2.13. The maximum absolute atomic E-state index is 13.3. The first-order chi connectivity index (χ1) is 12.9. The number of nitrogens with zero attached hydrogens (tertiary/aromatic N) is 2. The zero-order valence-electron chi connectivity index (χ0n) is 16.8. The van der Waals surface area contributed by atoms with Crippen LogP contribution in [-0.4, -0.2) is 23.3 Å². The van der Waals surface area contributed by atoms with Crippen molar-refractivity contribution in [2.24, 2.45) is 0 Å². The number of fused-ring (bicyclic) bond motifs is 1. The Morgan fingerprint density at radius 2 is 1.89 bits per heavy atom. The Labute approximate surface area is 164 Å². The molecule has 0 N–H and O–H groups in total. The third-order valence-corrected chi connectivity index (χ3v) is 5.70. The van der Waals surface area contributed by atoms with Crippen LogP contribution in [0.2, 0.25) is 0 Å². The lowest BCUT2D eigenvalue weighted by Gasteiger charge is -2.19. The summed E-state index contributed by atoms with van der Waals surface area (Å²) in [7, 11) is 1.66. The molecule has 0 unspecified atom stereocenters. The molecule has 0 saturated carbocycles. The third kappa shape index (κ3) is 3.99. The van der Waals surface area contributed by atoms with E-state index in [0.717, 1.165) is 40.0 Å². The van der Waals surface area contributed by atoms with Crippen LogP contribution in [-0.2, 0) is 23.1 Å². The molecule has 0 aliphatic carbocycles. The topological polar surface area (TPSA) is 44.1 Å². The second kappa shape index (κ2) is 7.95. The van der Waals surface area contributed by atoms with E-state index in [4.69, 9.17) is 9.72 Å². The van der Waals surface area contributed by atoms with Crippen LogP contribution in [0.15, 0.2) is 34.4 Å².